The molecule has 0 atom stereocenters. The van der Waals surface area contributed by atoms with Crippen molar-refractivity contribution >= 4 is 34.8 Å². The molecule has 1 aliphatic carbocycles. The third-order valence-corrected chi connectivity index (χ3v) is 7.63. The van der Waals surface area contributed by atoms with Gasteiger partial charge in [-0.25, -0.2) is 14.8 Å². The first-order valence-corrected chi connectivity index (χ1v) is 13.8. The second kappa shape index (κ2) is 11.1. The molecule has 3 amide bonds. The molecule has 1 saturated carbocycles. The number of amides is 3. The van der Waals surface area contributed by atoms with Gasteiger partial charge in [0.1, 0.15) is 17.9 Å². The van der Waals surface area contributed by atoms with Gasteiger partial charge in [0.05, 0.1) is 5.56 Å². The summed E-state index contributed by atoms with van der Waals surface area (Å²) in [7, 11) is 0. The third-order valence-electron chi connectivity index (χ3n) is 7.63. The van der Waals surface area contributed by atoms with Gasteiger partial charge in [-0.1, -0.05) is 0 Å². The number of hydrogen-bond donors (Lipinski definition) is 2. The van der Waals surface area contributed by atoms with E-state index in [9.17, 15) is 22.8 Å². The predicted molar refractivity (Wildman–Crippen MR) is 151 cm³/mol. The van der Waals surface area contributed by atoms with Gasteiger partial charge in [0, 0.05) is 68.8 Å². The zero-order valence-electron chi connectivity index (χ0n) is 22.9. The standard InChI is InChI=1S/C29H30F3N7O3/c1-18(40)35-26-16-27(34-17-33-26)42-22-5-7-24-19(14-22)8-9-39(24)28(41)36-20-2-6-25(23(15-20)29(30,31)32)38-12-10-37(11-13-38)21-3-4-21/h2,5-7,14-17,21H,3-4,8-13H2,1H3,(H,36,41)(H,33,34,35,40). The van der Waals surface area contributed by atoms with E-state index in [-0.39, 0.29) is 23.2 Å². The number of carbonyl (C=O) groups excluding carboxylic acids is 2. The number of urea groups is 1. The van der Waals surface area contributed by atoms with Crippen LogP contribution >= 0.6 is 0 Å². The van der Waals surface area contributed by atoms with Crippen LogP contribution in [-0.2, 0) is 17.4 Å². The van der Waals surface area contributed by atoms with Crippen molar-refractivity contribution in [2.24, 2.45) is 0 Å². The summed E-state index contributed by atoms with van der Waals surface area (Å²) >= 11 is 0. The lowest BCUT2D eigenvalue weighted by atomic mass is 10.1. The second-order valence-corrected chi connectivity index (χ2v) is 10.6. The van der Waals surface area contributed by atoms with E-state index in [4.69, 9.17) is 4.74 Å². The van der Waals surface area contributed by atoms with Gasteiger partial charge in [-0.05, 0) is 61.2 Å². The van der Waals surface area contributed by atoms with Crippen LogP contribution in [0.2, 0.25) is 0 Å². The number of nitrogens with zero attached hydrogens (tertiary/aromatic N) is 5. The normalized spacial score (nSPS) is 17.1. The van der Waals surface area contributed by atoms with Crippen LogP contribution in [0.5, 0.6) is 11.6 Å². The van der Waals surface area contributed by atoms with E-state index in [2.05, 4.69) is 25.5 Å². The lowest BCUT2D eigenvalue weighted by molar-refractivity contribution is -0.137. The predicted octanol–water partition coefficient (Wildman–Crippen LogP) is 5.13. The van der Waals surface area contributed by atoms with Gasteiger partial charge in [-0.15, -0.1) is 0 Å². The molecule has 2 aromatic carbocycles. The molecule has 220 valence electrons. The smallest absolute Gasteiger partial charge is 0.418 e. The van der Waals surface area contributed by atoms with Gasteiger partial charge in [0.15, 0.2) is 0 Å². The summed E-state index contributed by atoms with van der Waals surface area (Å²) in [6.45, 7) is 4.30. The lowest BCUT2D eigenvalue weighted by Crippen LogP contribution is -2.47. The van der Waals surface area contributed by atoms with Crippen LogP contribution in [0.4, 0.5) is 40.8 Å². The zero-order valence-corrected chi connectivity index (χ0v) is 22.9. The number of hydrogen-bond acceptors (Lipinski definition) is 7. The topological polar surface area (TPSA) is 103 Å². The van der Waals surface area contributed by atoms with Crippen LogP contribution in [0.25, 0.3) is 0 Å². The molecule has 10 nitrogen and oxygen atoms in total. The molecule has 3 aliphatic rings. The van der Waals surface area contributed by atoms with Crippen LogP contribution in [0, 0.1) is 0 Å². The van der Waals surface area contributed by atoms with Crippen LogP contribution < -0.4 is 25.2 Å². The highest BCUT2D eigenvalue weighted by atomic mass is 19.4. The SMILES string of the molecule is CC(=O)Nc1cc(Oc2ccc3c(c2)CCN3C(=O)Nc2ccc(N3CCN(C4CC4)CC3)c(C(F)(F)F)c2)ncn1. The number of rotatable bonds is 6. The average Bonchev–Trinajstić information content (AvgIpc) is 3.71. The Morgan fingerprint density at radius 2 is 1.69 bits per heavy atom. The Kier molecular flexibility index (Phi) is 7.35. The van der Waals surface area contributed by atoms with Crippen molar-refractivity contribution in [1.29, 1.82) is 0 Å². The number of benzene rings is 2. The number of anilines is 4. The van der Waals surface area contributed by atoms with Crippen LogP contribution in [0.1, 0.15) is 30.9 Å². The first kappa shape index (κ1) is 27.8. The number of aromatic nitrogens is 2. The minimum atomic E-state index is -4.56. The van der Waals surface area contributed by atoms with Crippen molar-refractivity contribution in [3.63, 3.8) is 0 Å². The maximum Gasteiger partial charge on any atom is 0.418 e. The highest BCUT2D eigenvalue weighted by Crippen LogP contribution is 2.40. The molecule has 13 heteroatoms. The molecule has 6 rings (SSSR count). The van der Waals surface area contributed by atoms with E-state index in [0.29, 0.717) is 49.4 Å². The highest BCUT2D eigenvalue weighted by Gasteiger charge is 2.37. The van der Waals surface area contributed by atoms with E-state index in [1.807, 2.05) is 0 Å². The van der Waals surface area contributed by atoms with Crippen molar-refractivity contribution in [2.45, 2.75) is 38.4 Å². The molecule has 3 aromatic rings. The monoisotopic (exact) mass is 581 g/mol. The van der Waals surface area contributed by atoms with E-state index in [0.717, 1.165) is 24.7 Å². The van der Waals surface area contributed by atoms with Crippen molar-refractivity contribution in [3.8, 4) is 11.6 Å². The minimum Gasteiger partial charge on any atom is -0.439 e. The molecule has 0 bridgehead atoms. The Morgan fingerprint density at radius 3 is 2.40 bits per heavy atom. The minimum absolute atomic E-state index is 0.0832. The van der Waals surface area contributed by atoms with E-state index < -0.39 is 17.8 Å². The quantitative estimate of drug-likeness (QED) is 0.416. The molecular formula is C29H30F3N7O3. The van der Waals surface area contributed by atoms with Crippen molar-refractivity contribution in [3.05, 3.63) is 59.9 Å². The van der Waals surface area contributed by atoms with Gasteiger partial charge in [0.2, 0.25) is 11.8 Å². The van der Waals surface area contributed by atoms with Gasteiger partial charge in [-0.3, -0.25) is 14.6 Å². The molecule has 2 aliphatic heterocycles. The van der Waals surface area contributed by atoms with E-state index in [1.165, 1.54) is 49.2 Å². The van der Waals surface area contributed by atoms with Crippen LogP contribution in [0.3, 0.4) is 0 Å². The summed E-state index contributed by atoms with van der Waals surface area (Å²) in [5, 5.41) is 5.21. The molecule has 0 unspecified atom stereocenters. The van der Waals surface area contributed by atoms with Crippen LogP contribution in [-0.4, -0.2) is 65.6 Å². The molecule has 1 saturated heterocycles. The largest absolute Gasteiger partial charge is 0.439 e. The number of carbonyl (C=O) groups is 2. The maximum atomic E-state index is 14.1. The molecule has 2 N–H and O–H groups in total. The zero-order chi connectivity index (χ0) is 29.4. The fourth-order valence-corrected chi connectivity index (χ4v) is 5.49. The molecular weight excluding hydrogens is 551 g/mol. The second-order valence-electron chi connectivity index (χ2n) is 10.6. The van der Waals surface area contributed by atoms with Gasteiger partial charge in [-0.2, -0.15) is 13.2 Å². The summed E-state index contributed by atoms with van der Waals surface area (Å²) < 4.78 is 48.1. The van der Waals surface area contributed by atoms with E-state index in [1.54, 1.807) is 23.1 Å². The molecule has 3 heterocycles. The first-order valence-electron chi connectivity index (χ1n) is 13.8. The van der Waals surface area contributed by atoms with Gasteiger partial charge < -0.3 is 20.3 Å². The molecule has 1 aromatic heterocycles. The Hall–Kier alpha value is -4.39. The summed E-state index contributed by atoms with van der Waals surface area (Å²) in [6.07, 6.45) is -0.410. The number of fused-ring (bicyclic) bond motifs is 1. The van der Waals surface area contributed by atoms with Gasteiger partial charge in [0.25, 0.3) is 0 Å². The first-order chi connectivity index (χ1) is 20.1. The summed E-state index contributed by atoms with van der Waals surface area (Å²) in [6, 6.07) is 10.7. The van der Waals surface area contributed by atoms with Crippen molar-refractivity contribution < 1.29 is 27.5 Å². The van der Waals surface area contributed by atoms with Crippen molar-refractivity contribution in [2.75, 3.05) is 53.2 Å². The number of halogens is 3. The third kappa shape index (κ3) is 6.10. The fourth-order valence-electron chi connectivity index (χ4n) is 5.49. The Labute approximate surface area is 240 Å². The van der Waals surface area contributed by atoms with Gasteiger partial charge >= 0.3 is 12.2 Å². The number of alkyl halides is 3. The molecule has 42 heavy (non-hydrogen) atoms. The Balaban J connectivity index is 1.13. The maximum absolute atomic E-state index is 14.1. The summed E-state index contributed by atoms with van der Waals surface area (Å²) in [5.41, 5.74) is 0.955. The highest BCUT2D eigenvalue weighted by molar-refractivity contribution is 6.03. The summed E-state index contributed by atoms with van der Waals surface area (Å²) in [5.74, 6) is 0.736. The van der Waals surface area contributed by atoms with Crippen LogP contribution in [0.15, 0.2) is 48.8 Å². The molecule has 0 radical (unpaired) electrons. The fraction of sp³-hybridized carbons (Fsp3) is 0.379. The Bertz CT molecular complexity index is 1500. The average molecular weight is 582 g/mol. The summed E-state index contributed by atoms with van der Waals surface area (Å²) in [4.78, 5) is 38.1. The van der Waals surface area contributed by atoms with Crippen molar-refractivity contribution in [1.82, 2.24) is 14.9 Å². The lowest BCUT2D eigenvalue weighted by Gasteiger charge is -2.37. The number of ether oxygens (including phenoxy) is 1. The Morgan fingerprint density at radius 1 is 0.929 bits per heavy atom. The number of piperazine rings is 1. The molecule has 0 spiro atoms. The van der Waals surface area contributed by atoms with E-state index >= 15 is 0 Å². The molecule has 2 fully saturated rings. The number of nitrogens with one attached hydrogen (secondary N) is 2.